The van der Waals surface area contributed by atoms with Crippen LogP contribution in [0.3, 0.4) is 0 Å². The molecule has 5 nitrogen and oxygen atoms in total. The Bertz CT molecular complexity index is 1050. The fraction of sp³-hybridized carbons (Fsp3) is 0.238. The topological polar surface area (TPSA) is 59.0 Å². The highest BCUT2D eigenvalue weighted by molar-refractivity contribution is 6.36. The minimum Gasteiger partial charge on any atom is -0.321 e. The Balaban J connectivity index is 1.73. The van der Waals surface area contributed by atoms with Gasteiger partial charge in [0.15, 0.2) is 0 Å². The van der Waals surface area contributed by atoms with Gasteiger partial charge in [-0.05, 0) is 62.3 Å². The van der Waals surface area contributed by atoms with E-state index in [1.54, 1.807) is 35.0 Å². The van der Waals surface area contributed by atoms with Crippen molar-refractivity contribution in [2.24, 2.45) is 0 Å². The first-order valence-electron chi connectivity index (χ1n) is 9.34. The lowest BCUT2D eigenvalue weighted by molar-refractivity contribution is 0.102. The van der Waals surface area contributed by atoms with Gasteiger partial charge in [0.25, 0.3) is 5.91 Å². The number of rotatable bonds is 4. The number of piperidine rings is 1. The highest BCUT2D eigenvalue weighted by Gasteiger charge is 2.27. The molecule has 3 aromatic rings. The summed E-state index contributed by atoms with van der Waals surface area (Å²) in [5, 5.41) is 11.4. The van der Waals surface area contributed by atoms with Gasteiger partial charge in [-0.2, -0.15) is 5.10 Å². The predicted molar refractivity (Wildman–Crippen MR) is 113 cm³/mol. The van der Waals surface area contributed by atoms with Gasteiger partial charge in [-0.25, -0.2) is 9.07 Å². The third-order valence-electron chi connectivity index (χ3n) is 5.01. The highest BCUT2D eigenvalue weighted by Crippen LogP contribution is 2.32. The van der Waals surface area contributed by atoms with Gasteiger partial charge in [0.2, 0.25) is 0 Å². The van der Waals surface area contributed by atoms with Crippen molar-refractivity contribution in [2.75, 3.05) is 18.4 Å². The molecular weight excluding hydrogens is 414 g/mol. The third-order valence-corrected chi connectivity index (χ3v) is 5.56. The van der Waals surface area contributed by atoms with Crippen molar-refractivity contribution in [1.29, 1.82) is 0 Å². The number of nitrogens with zero attached hydrogens (tertiary/aromatic N) is 2. The van der Waals surface area contributed by atoms with E-state index in [0.717, 1.165) is 31.6 Å². The lowest BCUT2D eigenvalue weighted by Crippen LogP contribution is -2.29. The molecule has 0 unspecified atom stereocenters. The van der Waals surface area contributed by atoms with Gasteiger partial charge in [0.1, 0.15) is 5.82 Å². The van der Waals surface area contributed by atoms with E-state index in [2.05, 4.69) is 15.7 Å². The molecule has 1 aliphatic rings. The molecule has 1 aromatic heterocycles. The maximum Gasteiger partial charge on any atom is 0.259 e. The van der Waals surface area contributed by atoms with E-state index in [4.69, 9.17) is 23.2 Å². The molecule has 29 heavy (non-hydrogen) atoms. The molecule has 0 radical (unpaired) electrons. The van der Waals surface area contributed by atoms with Crippen LogP contribution >= 0.6 is 23.2 Å². The van der Waals surface area contributed by atoms with E-state index in [1.807, 2.05) is 0 Å². The van der Waals surface area contributed by atoms with Crippen LogP contribution in [-0.4, -0.2) is 28.8 Å². The van der Waals surface area contributed by atoms with Gasteiger partial charge >= 0.3 is 0 Å². The van der Waals surface area contributed by atoms with Crippen LogP contribution in [0.25, 0.3) is 5.69 Å². The number of benzene rings is 2. The standard InChI is InChI=1S/C21H19Cl2FN4O/c22-14-4-5-19(18(23)10-14)27-21(29)17-12-26-28(16-3-1-2-15(24)11-16)20(17)13-6-8-25-9-7-13/h1-5,10-13,25H,6-9H2,(H,27,29). The Morgan fingerprint density at radius 2 is 1.97 bits per heavy atom. The van der Waals surface area contributed by atoms with Crippen molar-refractivity contribution in [3.05, 3.63) is 75.8 Å². The van der Waals surface area contributed by atoms with Crippen LogP contribution < -0.4 is 10.6 Å². The molecule has 0 aliphatic carbocycles. The molecule has 0 atom stereocenters. The maximum atomic E-state index is 13.8. The van der Waals surface area contributed by atoms with E-state index in [-0.39, 0.29) is 17.6 Å². The molecule has 2 aromatic carbocycles. The molecule has 2 heterocycles. The number of aromatic nitrogens is 2. The molecule has 8 heteroatoms. The highest BCUT2D eigenvalue weighted by atomic mass is 35.5. The maximum absolute atomic E-state index is 13.8. The van der Waals surface area contributed by atoms with E-state index in [9.17, 15) is 9.18 Å². The second kappa shape index (κ2) is 8.53. The van der Waals surface area contributed by atoms with E-state index in [0.29, 0.717) is 27.0 Å². The van der Waals surface area contributed by atoms with Crippen LogP contribution in [0.4, 0.5) is 10.1 Å². The number of hydrogen-bond donors (Lipinski definition) is 2. The van der Waals surface area contributed by atoms with Gasteiger partial charge in [0, 0.05) is 10.9 Å². The second-order valence-corrected chi connectivity index (χ2v) is 7.78. The summed E-state index contributed by atoms with van der Waals surface area (Å²) in [7, 11) is 0. The average Bonchev–Trinajstić information content (AvgIpc) is 3.16. The van der Waals surface area contributed by atoms with E-state index in [1.165, 1.54) is 18.3 Å². The zero-order valence-corrected chi connectivity index (χ0v) is 17.0. The van der Waals surface area contributed by atoms with Crippen molar-refractivity contribution >= 4 is 34.8 Å². The summed E-state index contributed by atoms with van der Waals surface area (Å²) in [5.41, 5.74) is 2.28. The number of carbonyl (C=O) groups is 1. The SMILES string of the molecule is O=C(Nc1ccc(Cl)cc1Cl)c1cnn(-c2cccc(F)c2)c1C1CCNCC1. The number of halogens is 3. The van der Waals surface area contributed by atoms with Gasteiger partial charge in [0.05, 0.1) is 33.9 Å². The summed E-state index contributed by atoms with van der Waals surface area (Å²) in [5.74, 6) is -0.540. The fourth-order valence-electron chi connectivity index (χ4n) is 3.62. The first-order valence-corrected chi connectivity index (χ1v) is 10.1. The Hall–Kier alpha value is -2.41. The minimum atomic E-state index is -0.354. The number of carbonyl (C=O) groups excluding carboxylic acids is 1. The number of anilines is 1. The number of hydrogen-bond acceptors (Lipinski definition) is 3. The van der Waals surface area contributed by atoms with Crippen molar-refractivity contribution in [2.45, 2.75) is 18.8 Å². The fourth-order valence-corrected chi connectivity index (χ4v) is 4.07. The van der Waals surface area contributed by atoms with Crippen molar-refractivity contribution in [3.8, 4) is 5.69 Å². The smallest absolute Gasteiger partial charge is 0.259 e. The molecule has 0 saturated carbocycles. The predicted octanol–water partition coefficient (Wildman–Crippen LogP) is 5.04. The monoisotopic (exact) mass is 432 g/mol. The van der Waals surface area contributed by atoms with Crippen LogP contribution in [-0.2, 0) is 0 Å². The van der Waals surface area contributed by atoms with Crippen LogP contribution in [0, 0.1) is 5.82 Å². The lowest BCUT2D eigenvalue weighted by Gasteiger charge is -2.24. The van der Waals surface area contributed by atoms with Crippen LogP contribution in [0.15, 0.2) is 48.7 Å². The molecule has 2 N–H and O–H groups in total. The van der Waals surface area contributed by atoms with Gasteiger partial charge in [-0.3, -0.25) is 4.79 Å². The van der Waals surface area contributed by atoms with Gasteiger partial charge in [-0.1, -0.05) is 29.3 Å². The molecule has 1 saturated heterocycles. The molecule has 4 rings (SSSR count). The summed E-state index contributed by atoms with van der Waals surface area (Å²) in [6.07, 6.45) is 3.26. The Morgan fingerprint density at radius 1 is 1.17 bits per heavy atom. The summed E-state index contributed by atoms with van der Waals surface area (Å²) in [4.78, 5) is 13.1. The largest absolute Gasteiger partial charge is 0.321 e. The normalized spacial score (nSPS) is 14.7. The third kappa shape index (κ3) is 4.29. The molecule has 0 bridgehead atoms. The van der Waals surface area contributed by atoms with Crippen LogP contribution in [0.2, 0.25) is 10.0 Å². The summed E-state index contributed by atoms with van der Waals surface area (Å²) < 4.78 is 15.5. The lowest BCUT2D eigenvalue weighted by atomic mass is 9.91. The molecular formula is C21H19Cl2FN4O. The molecule has 1 aliphatic heterocycles. The summed E-state index contributed by atoms with van der Waals surface area (Å²) in [6, 6.07) is 11.1. The molecule has 1 fully saturated rings. The Labute approximate surface area is 177 Å². The molecule has 0 spiro atoms. The van der Waals surface area contributed by atoms with Crippen molar-refractivity contribution < 1.29 is 9.18 Å². The molecule has 150 valence electrons. The summed E-state index contributed by atoms with van der Waals surface area (Å²) >= 11 is 12.1. The zero-order chi connectivity index (χ0) is 20.4. The van der Waals surface area contributed by atoms with Crippen LogP contribution in [0.1, 0.15) is 34.8 Å². The van der Waals surface area contributed by atoms with E-state index < -0.39 is 0 Å². The average molecular weight is 433 g/mol. The zero-order valence-electron chi connectivity index (χ0n) is 15.5. The second-order valence-electron chi connectivity index (χ2n) is 6.94. The molecule has 1 amide bonds. The number of nitrogens with one attached hydrogen (secondary N) is 2. The number of amides is 1. The summed E-state index contributed by atoms with van der Waals surface area (Å²) in [6.45, 7) is 1.70. The minimum absolute atomic E-state index is 0.128. The quantitative estimate of drug-likeness (QED) is 0.607. The van der Waals surface area contributed by atoms with Gasteiger partial charge in [-0.15, -0.1) is 0 Å². The van der Waals surface area contributed by atoms with Gasteiger partial charge < -0.3 is 10.6 Å². The Kier molecular flexibility index (Phi) is 5.85. The first kappa shape index (κ1) is 19.9. The first-order chi connectivity index (χ1) is 14.0. The Morgan fingerprint density at radius 3 is 2.69 bits per heavy atom. The van der Waals surface area contributed by atoms with Crippen LogP contribution in [0.5, 0.6) is 0 Å². The van der Waals surface area contributed by atoms with Crippen molar-refractivity contribution in [3.63, 3.8) is 0 Å². The van der Waals surface area contributed by atoms with E-state index >= 15 is 0 Å². The van der Waals surface area contributed by atoms with Crippen molar-refractivity contribution in [1.82, 2.24) is 15.1 Å².